The molecule has 0 amide bonds. The molecule has 3 aromatic rings. The van der Waals surface area contributed by atoms with Crippen molar-refractivity contribution in [2.75, 3.05) is 11.9 Å². The summed E-state index contributed by atoms with van der Waals surface area (Å²) in [6.07, 6.45) is 2.54. The second kappa shape index (κ2) is 7.00. The summed E-state index contributed by atoms with van der Waals surface area (Å²) < 4.78 is 0. The summed E-state index contributed by atoms with van der Waals surface area (Å²) >= 11 is 0. The number of H-pyrrole nitrogens is 1. The number of rotatable bonds is 6. The molecule has 118 valence electrons. The molecule has 0 aliphatic carbocycles. The van der Waals surface area contributed by atoms with Gasteiger partial charge in [-0.2, -0.15) is 5.10 Å². The quantitative estimate of drug-likeness (QED) is 0.731. The van der Waals surface area contributed by atoms with Crippen LogP contribution in [0.4, 0.5) is 5.82 Å². The highest BCUT2D eigenvalue weighted by Crippen LogP contribution is 2.14. The number of hydrogen-bond donors (Lipinski definition) is 2. The van der Waals surface area contributed by atoms with E-state index in [0.29, 0.717) is 5.92 Å². The van der Waals surface area contributed by atoms with E-state index < -0.39 is 0 Å². The molecule has 1 aromatic carbocycles. The lowest BCUT2D eigenvalue weighted by atomic mass is 10.2. The Kier molecular flexibility index (Phi) is 4.61. The normalized spacial score (nSPS) is 10.9. The van der Waals surface area contributed by atoms with Gasteiger partial charge in [-0.15, -0.1) is 0 Å². The predicted molar refractivity (Wildman–Crippen MR) is 90.1 cm³/mol. The molecule has 6 nitrogen and oxygen atoms in total. The van der Waals surface area contributed by atoms with Crippen LogP contribution in [0.5, 0.6) is 0 Å². The van der Waals surface area contributed by atoms with Crippen molar-refractivity contribution in [3.05, 3.63) is 54.2 Å². The second-order valence-corrected chi connectivity index (χ2v) is 5.60. The van der Waals surface area contributed by atoms with E-state index in [1.165, 1.54) is 0 Å². The molecule has 0 aliphatic rings. The van der Waals surface area contributed by atoms with E-state index in [9.17, 15) is 0 Å². The molecule has 0 fully saturated rings. The SMILES string of the molecule is CC(C)c1nccc(NCCc2nc(-c3ccccc3)n[nH]2)n1. The Morgan fingerprint density at radius 3 is 2.70 bits per heavy atom. The fourth-order valence-corrected chi connectivity index (χ4v) is 2.18. The molecular formula is C17H20N6. The van der Waals surface area contributed by atoms with Crippen molar-refractivity contribution in [3.8, 4) is 11.4 Å². The lowest BCUT2D eigenvalue weighted by Crippen LogP contribution is -2.09. The average Bonchev–Trinajstić information content (AvgIpc) is 3.05. The third kappa shape index (κ3) is 3.91. The van der Waals surface area contributed by atoms with Crippen LogP contribution in [-0.2, 0) is 6.42 Å². The van der Waals surface area contributed by atoms with Gasteiger partial charge in [0.15, 0.2) is 5.82 Å². The number of aromatic amines is 1. The molecule has 0 aliphatic heterocycles. The highest BCUT2D eigenvalue weighted by molar-refractivity contribution is 5.53. The molecular weight excluding hydrogens is 288 g/mol. The van der Waals surface area contributed by atoms with Crippen LogP contribution >= 0.6 is 0 Å². The molecule has 2 heterocycles. The number of anilines is 1. The van der Waals surface area contributed by atoms with Gasteiger partial charge in [-0.1, -0.05) is 44.2 Å². The van der Waals surface area contributed by atoms with Gasteiger partial charge in [0.1, 0.15) is 17.5 Å². The monoisotopic (exact) mass is 308 g/mol. The molecule has 0 atom stereocenters. The van der Waals surface area contributed by atoms with Crippen molar-refractivity contribution in [2.45, 2.75) is 26.2 Å². The smallest absolute Gasteiger partial charge is 0.181 e. The van der Waals surface area contributed by atoms with Crippen LogP contribution in [0.1, 0.15) is 31.4 Å². The second-order valence-electron chi connectivity index (χ2n) is 5.60. The summed E-state index contributed by atoms with van der Waals surface area (Å²) in [6.45, 7) is 4.90. The number of benzene rings is 1. The summed E-state index contributed by atoms with van der Waals surface area (Å²) in [4.78, 5) is 13.3. The Labute approximate surface area is 135 Å². The van der Waals surface area contributed by atoms with Crippen LogP contribution < -0.4 is 5.32 Å². The average molecular weight is 308 g/mol. The van der Waals surface area contributed by atoms with Crippen molar-refractivity contribution in [3.63, 3.8) is 0 Å². The summed E-state index contributed by atoms with van der Waals surface area (Å²) in [5.74, 6) is 3.59. The van der Waals surface area contributed by atoms with Crippen molar-refractivity contribution in [1.82, 2.24) is 25.1 Å². The molecule has 0 saturated heterocycles. The highest BCUT2D eigenvalue weighted by Gasteiger charge is 2.06. The minimum atomic E-state index is 0.319. The standard InChI is InChI=1S/C17H20N6/c1-12(2)16-19-11-8-14(20-16)18-10-9-15-21-17(23-22-15)13-6-4-3-5-7-13/h3-8,11-12H,9-10H2,1-2H3,(H,18,19,20)(H,21,22,23). The first kappa shape index (κ1) is 15.1. The Morgan fingerprint density at radius 1 is 1.09 bits per heavy atom. The van der Waals surface area contributed by atoms with E-state index in [-0.39, 0.29) is 0 Å². The molecule has 0 bridgehead atoms. The van der Waals surface area contributed by atoms with Crippen LogP contribution in [0.25, 0.3) is 11.4 Å². The molecule has 6 heteroatoms. The van der Waals surface area contributed by atoms with E-state index in [1.54, 1.807) is 6.20 Å². The van der Waals surface area contributed by atoms with Crippen LogP contribution in [0, 0.1) is 0 Å². The van der Waals surface area contributed by atoms with Gasteiger partial charge in [-0.05, 0) is 6.07 Å². The predicted octanol–water partition coefficient (Wildman–Crippen LogP) is 3.04. The molecule has 0 saturated carbocycles. The van der Waals surface area contributed by atoms with Gasteiger partial charge in [0.25, 0.3) is 0 Å². The van der Waals surface area contributed by atoms with E-state index in [4.69, 9.17) is 0 Å². The summed E-state index contributed by atoms with van der Waals surface area (Å²) in [5.41, 5.74) is 1.01. The summed E-state index contributed by atoms with van der Waals surface area (Å²) in [5, 5.41) is 10.5. The van der Waals surface area contributed by atoms with Gasteiger partial charge in [0.05, 0.1) is 0 Å². The van der Waals surface area contributed by atoms with Gasteiger partial charge in [-0.25, -0.2) is 15.0 Å². The van der Waals surface area contributed by atoms with E-state index >= 15 is 0 Å². The maximum atomic E-state index is 4.52. The van der Waals surface area contributed by atoms with E-state index in [2.05, 4.69) is 44.3 Å². The first-order chi connectivity index (χ1) is 11.2. The van der Waals surface area contributed by atoms with Gasteiger partial charge in [0.2, 0.25) is 0 Å². The van der Waals surface area contributed by atoms with Crippen molar-refractivity contribution >= 4 is 5.82 Å². The van der Waals surface area contributed by atoms with Gasteiger partial charge in [-0.3, -0.25) is 5.10 Å². The third-order valence-electron chi connectivity index (χ3n) is 3.42. The third-order valence-corrected chi connectivity index (χ3v) is 3.42. The number of aromatic nitrogens is 5. The lowest BCUT2D eigenvalue weighted by Gasteiger charge is -2.07. The number of nitrogens with zero attached hydrogens (tertiary/aromatic N) is 4. The van der Waals surface area contributed by atoms with E-state index in [1.807, 2.05) is 36.4 Å². The van der Waals surface area contributed by atoms with Crippen LogP contribution in [-0.4, -0.2) is 31.7 Å². The summed E-state index contributed by atoms with van der Waals surface area (Å²) in [6, 6.07) is 11.8. The van der Waals surface area contributed by atoms with Gasteiger partial charge < -0.3 is 5.32 Å². The molecule has 23 heavy (non-hydrogen) atoms. The van der Waals surface area contributed by atoms with Crippen molar-refractivity contribution < 1.29 is 0 Å². The zero-order valence-corrected chi connectivity index (χ0v) is 13.3. The zero-order chi connectivity index (χ0) is 16.1. The molecule has 3 rings (SSSR count). The Bertz CT molecular complexity index is 751. The Morgan fingerprint density at radius 2 is 1.91 bits per heavy atom. The van der Waals surface area contributed by atoms with Crippen LogP contribution in [0.3, 0.4) is 0 Å². The van der Waals surface area contributed by atoms with Crippen molar-refractivity contribution in [1.29, 1.82) is 0 Å². The topological polar surface area (TPSA) is 79.4 Å². The zero-order valence-electron chi connectivity index (χ0n) is 13.3. The Hall–Kier alpha value is -2.76. The van der Waals surface area contributed by atoms with Crippen molar-refractivity contribution in [2.24, 2.45) is 0 Å². The van der Waals surface area contributed by atoms with Crippen LogP contribution in [0.15, 0.2) is 42.6 Å². The number of hydrogen-bond acceptors (Lipinski definition) is 5. The minimum Gasteiger partial charge on any atom is -0.370 e. The fourth-order valence-electron chi connectivity index (χ4n) is 2.18. The minimum absolute atomic E-state index is 0.319. The lowest BCUT2D eigenvalue weighted by molar-refractivity contribution is 0.773. The molecule has 0 radical (unpaired) electrons. The first-order valence-electron chi connectivity index (χ1n) is 7.76. The molecule has 2 aromatic heterocycles. The van der Waals surface area contributed by atoms with E-state index in [0.717, 1.165) is 41.8 Å². The van der Waals surface area contributed by atoms with Gasteiger partial charge >= 0.3 is 0 Å². The summed E-state index contributed by atoms with van der Waals surface area (Å²) in [7, 11) is 0. The first-order valence-corrected chi connectivity index (χ1v) is 7.76. The Balaban J connectivity index is 1.57. The molecule has 0 unspecified atom stereocenters. The molecule has 0 spiro atoms. The maximum Gasteiger partial charge on any atom is 0.181 e. The highest BCUT2D eigenvalue weighted by atomic mass is 15.2. The molecule has 2 N–H and O–H groups in total. The van der Waals surface area contributed by atoms with Gasteiger partial charge in [0, 0.05) is 30.6 Å². The maximum absolute atomic E-state index is 4.52. The number of nitrogens with one attached hydrogen (secondary N) is 2. The fraction of sp³-hybridized carbons (Fsp3) is 0.294. The van der Waals surface area contributed by atoms with Crippen LogP contribution in [0.2, 0.25) is 0 Å². The largest absolute Gasteiger partial charge is 0.370 e.